The normalized spacial score (nSPS) is 10.2. The van der Waals surface area contributed by atoms with E-state index in [2.05, 4.69) is 4.98 Å². The quantitative estimate of drug-likeness (QED) is 0.637. The Morgan fingerprint density at radius 1 is 1.20 bits per heavy atom. The minimum Gasteiger partial charge on any atom is -0.494 e. The number of carbonyl (C=O) groups excluding carboxylic acids is 1. The summed E-state index contributed by atoms with van der Waals surface area (Å²) >= 11 is 0. The SMILES string of the molecule is CCOc1ccc(C(=O)Oc2cnc(F)c(F)c2)cc1. The number of nitrogens with zero attached hydrogens (tertiary/aromatic N) is 1. The third-order valence-corrected chi connectivity index (χ3v) is 2.38. The van der Waals surface area contributed by atoms with Gasteiger partial charge in [-0.05, 0) is 31.2 Å². The summed E-state index contributed by atoms with van der Waals surface area (Å²) in [5.41, 5.74) is 0.262. The highest BCUT2D eigenvalue weighted by atomic mass is 19.2. The van der Waals surface area contributed by atoms with Crippen molar-refractivity contribution in [3.05, 3.63) is 53.9 Å². The highest BCUT2D eigenvalue weighted by Crippen LogP contribution is 2.16. The Labute approximate surface area is 114 Å². The van der Waals surface area contributed by atoms with Crippen molar-refractivity contribution in [3.8, 4) is 11.5 Å². The molecular weight excluding hydrogens is 268 g/mol. The zero-order valence-corrected chi connectivity index (χ0v) is 10.6. The molecule has 0 aliphatic carbocycles. The highest BCUT2D eigenvalue weighted by molar-refractivity contribution is 5.91. The van der Waals surface area contributed by atoms with E-state index >= 15 is 0 Å². The van der Waals surface area contributed by atoms with Gasteiger partial charge in [0.25, 0.3) is 0 Å². The number of aromatic nitrogens is 1. The van der Waals surface area contributed by atoms with Gasteiger partial charge in [-0.2, -0.15) is 4.39 Å². The molecule has 4 nitrogen and oxygen atoms in total. The molecule has 104 valence electrons. The van der Waals surface area contributed by atoms with Crippen LogP contribution < -0.4 is 9.47 Å². The molecule has 1 heterocycles. The molecule has 1 aromatic carbocycles. The summed E-state index contributed by atoms with van der Waals surface area (Å²) in [5.74, 6) is -2.66. The fourth-order valence-electron chi connectivity index (χ4n) is 1.48. The summed E-state index contributed by atoms with van der Waals surface area (Å²) in [4.78, 5) is 14.9. The number of halogens is 2. The Morgan fingerprint density at radius 2 is 1.90 bits per heavy atom. The average Bonchev–Trinajstić information content (AvgIpc) is 2.44. The van der Waals surface area contributed by atoms with Gasteiger partial charge in [-0.1, -0.05) is 0 Å². The van der Waals surface area contributed by atoms with E-state index in [1.54, 1.807) is 12.1 Å². The standard InChI is InChI=1S/C14H11F2NO3/c1-2-19-10-5-3-9(4-6-10)14(18)20-11-7-12(15)13(16)17-8-11/h3-8H,2H2,1H3. The third kappa shape index (κ3) is 3.28. The summed E-state index contributed by atoms with van der Waals surface area (Å²) in [6.07, 6.45) is 0.935. The molecule has 0 fully saturated rings. The van der Waals surface area contributed by atoms with Crippen molar-refractivity contribution in [2.24, 2.45) is 0 Å². The molecule has 0 bridgehead atoms. The Morgan fingerprint density at radius 3 is 2.50 bits per heavy atom. The Bertz CT molecular complexity index is 614. The Kier molecular flexibility index (Phi) is 4.24. The van der Waals surface area contributed by atoms with Crippen molar-refractivity contribution >= 4 is 5.97 Å². The van der Waals surface area contributed by atoms with E-state index in [0.29, 0.717) is 12.4 Å². The van der Waals surface area contributed by atoms with Crippen LogP contribution in [0.3, 0.4) is 0 Å². The second-order valence-electron chi connectivity index (χ2n) is 3.79. The minimum absolute atomic E-state index is 0.164. The smallest absolute Gasteiger partial charge is 0.343 e. The van der Waals surface area contributed by atoms with Crippen molar-refractivity contribution in [2.45, 2.75) is 6.92 Å². The number of ether oxygens (including phenoxy) is 2. The molecule has 20 heavy (non-hydrogen) atoms. The number of esters is 1. The van der Waals surface area contributed by atoms with Gasteiger partial charge < -0.3 is 9.47 Å². The number of hydrogen-bond donors (Lipinski definition) is 0. The molecule has 2 rings (SSSR count). The molecule has 0 amide bonds. The monoisotopic (exact) mass is 279 g/mol. The topological polar surface area (TPSA) is 48.4 Å². The molecule has 0 unspecified atom stereocenters. The molecule has 0 N–H and O–H groups in total. The molecule has 2 aromatic rings. The van der Waals surface area contributed by atoms with Gasteiger partial charge in [-0.25, -0.2) is 14.2 Å². The molecule has 0 aliphatic rings. The molecule has 1 aromatic heterocycles. The molecule has 0 spiro atoms. The molecule has 0 saturated carbocycles. The van der Waals surface area contributed by atoms with Crippen molar-refractivity contribution in [1.82, 2.24) is 4.98 Å². The summed E-state index contributed by atoms with van der Waals surface area (Å²) in [7, 11) is 0. The lowest BCUT2D eigenvalue weighted by molar-refractivity contribution is 0.0733. The maximum Gasteiger partial charge on any atom is 0.343 e. The van der Waals surface area contributed by atoms with E-state index in [9.17, 15) is 13.6 Å². The van der Waals surface area contributed by atoms with Crippen LogP contribution in [0, 0.1) is 11.8 Å². The van der Waals surface area contributed by atoms with Crippen LogP contribution >= 0.6 is 0 Å². The lowest BCUT2D eigenvalue weighted by Crippen LogP contribution is -2.09. The molecule has 0 saturated heterocycles. The first kappa shape index (κ1) is 13.9. The first-order valence-corrected chi connectivity index (χ1v) is 5.86. The largest absolute Gasteiger partial charge is 0.494 e. The fourth-order valence-corrected chi connectivity index (χ4v) is 1.48. The van der Waals surface area contributed by atoms with Gasteiger partial charge in [0.15, 0.2) is 11.6 Å². The predicted molar refractivity (Wildman–Crippen MR) is 66.7 cm³/mol. The summed E-state index contributed by atoms with van der Waals surface area (Å²) in [6, 6.07) is 7.02. The second-order valence-corrected chi connectivity index (χ2v) is 3.79. The maximum atomic E-state index is 12.9. The third-order valence-electron chi connectivity index (χ3n) is 2.38. The summed E-state index contributed by atoms with van der Waals surface area (Å²) in [6.45, 7) is 2.36. The molecular formula is C14H11F2NO3. The summed E-state index contributed by atoms with van der Waals surface area (Å²) in [5, 5.41) is 0. The maximum absolute atomic E-state index is 12.9. The minimum atomic E-state index is -1.24. The summed E-state index contributed by atoms with van der Waals surface area (Å²) < 4.78 is 35.7. The van der Waals surface area contributed by atoms with E-state index in [4.69, 9.17) is 9.47 Å². The second kappa shape index (κ2) is 6.10. The van der Waals surface area contributed by atoms with Crippen LogP contribution in [0.2, 0.25) is 0 Å². The predicted octanol–water partition coefficient (Wildman–Crippen LogP) is 2.98. The Hall–Kier alpha value is -2.50. The zero-order valence-electron chi connectivity index (χ0n) is 10.6. The van der Waals surface area contributed by atoms with Crippen molar-refractivity contribution in [1.29, 1.82) is 0 Å². The lowest BCUT2D eigenvalue weighted by Gasteiger charge is -2.06. The molecule has 0 aliphatic heterocycles. The first-order chi connectivity index (χ1) is 9.60. The van der Waals surface area contributed by atoms with Gasteiger partial charge in [0.2, 0.25) is 5.95 Å². The molecule has 6 heteroatoms. The molecule has 0 atom stereocenters. The van der Waals surface area contributed by atoms with Crippen molar-refractivity contribution in [3.63, 3.8) is 0 Å². The van der Waals surface area contributed by atoms with Crippen LogP contribution in [0.4, 0.5) is 8.78 Å². The number of benzene rings is 1. The van der Waals surface area contributed by atoms with Crippen LogP contribution in [0.25, 0.3) is 0 Å². The van der Waals surface area contributed by atoms with E-state index in [1.807, 2.05) is 6.92 Å². The van der Waals surface area contributed by atoms with Crippen LogP contribution in [0.5, 0.6) is 11.5 Å². The van der Waals surface area contributed by atoms with Crippen LogP contribution in [0.1, 0.15) is 17.3 Å². The fraction of sp³-hybridized carbons (Fsp3) is 0.143. The van der Waals surface area contributed by atoms with E-state index < -0.39 is 17.7 Å². The first-order valence-electron chi connectivity index (χ1n) is 5.86. The zero-order chi connectivity index (χ0) is 14.5. The van der Waals surface area contributed by atoms with Crippen molar-refractivity contribution < 1.29 is 23.0 Å². The molecule has 0 radical (unpaired) electrons. The van der Waals surface area contributed by atoms with Gasteiger partial charge in [0, 0.05) is 6.07 Å². The van der Waals surface area contributed by atoms with Crippen LogP contribution in [0.15, 0.2) is 36.5 Å². The van der Waals surface area contributed by atoms with Gasteiger partial charge in [-0.15, -0.1) is 0 Å². The van der Waals surface area contributed by atoms with Crippen LogP contribution in [-0.4, -0.2) is 17.6 Å². The number of carbonyl (C=O) groups is 1. The number of pyridine rings is 1. The average molecular weight is 279 g/mol. The van der Waals surface area contributed by atoms with Gasteiger partial charge >= 0.3 is 5.97 Å². The van der Waals surface area contributed by atoms with E-state index in [0.717, 1.165) is 12.3 Å². The van der Waals surface area contributed by atoms with Gasteiger partial charge in [0.1, 0.15) is 5.75 Å². The number of rotatable bonds is 4. The van der Waals surface area contributed by atoms with Crippen molar-refractivity contribution in [2.75, 3.05) is 6.61 Å². The van der Waals surface area contributed by atoms with E-state index in [1.165, 1.54) is 12.1 Å². The van der Waals surface area contributed by atoms with E-state index in [-0.39, 0.29) is 11.3 Å². The van der Waals surface area contributed by atoms with Gasteiger partial charge in [0.05, 0.1) is 18.4 Å². The highest BCUT2D eigenvalue weighted by Gasteiger charge is 2.11. The number of hydrogen-bond acceptors (Lipinski definition) is 4. The lowest BCUT2D eigenvalue weighted by atomic mass is 10.2. The Balaban J connectivity index is 2.09. The van der Waals surface area contributed by atoms with Crippen LogP contribution in [-0.2, 0) is 0 Å². The van der Waals surface area contributed by atoms with Gasteiger partial charge in [-0.3, -0.25) is 0 Å².